The van der Waals surface area contributed by atoms with Crippen molar-refractivity contribution < 1.29 is 8.83 Å². The van der Waals surface area contributed by atoms with E-state index in [1.54, 1.807) is 29.2 Å². The largest absolute Gasteiger partial charge is 0.464 e. The summed E-state index contributed by atoms with van der Waals surface area (Å²) in [5, 5.41) is 0.565. The normalized spacial score (nSPS) is 12.2. The quantitative estimate of drug-likeness (QED) is 0.719. The Morgan fingerprint density at radius 3 is 2.75 bits per heavy atom. The average Bonchev–Trinajstić information content (AvgIpc) is 3.01. The van der Waals surface area contributed by atoms with E-state index in [1.165, 1.54) is 6.26 Å². The molecular formula is C15H16N2O3. The fraction of sp³-hybridized carbons (Fsp3) is 0.333. The van der Waals surface area contributed by atoms with Gasteiger partial charge in [0.1, 0.15) is 18.4 Å². The number of oxazole rings is 1. The van der Waals surface area contributed by atoms with E-state index in [-0.39, 0.29) is 11.0 Å². The fourth-order valence-electron chi connectivity index (χ4n) is 2.01. The summed E-state index contributed by atoms with van der Waals surface area (Å²) in [6.45, 7) is 6.52. The van der Waals surface area contributed by atoms with E-state index in [1.807, 2.05) is 0 Å². The van der Waals surface area contributed by atoms with Crippen LogP contribution in [0.3, 0.4) is 0 Å². The fourth-order valence-corrected chi connectivity index (χ4v) is 2.01. The maximum Gasteiger partial charge on any atom is 0.262 e. The summed E-state index contributed by atoms with van der Waals surface area (Å²) in [7, 11) is 0. The van der Waals surface area contributed by atoms with Crippen LogP contribution in [0.25, 0.3) is 11.0 Å². The molecular weight excluding hydrogens is 256 g/mol. The Morgan fingerprint density at radius 2 is 2.05 bits per heavy atom. The molecule has 0 bridgehead atoms. The minimum atomic E-state index is -0.105. The van der Waals surface area contributed by atoms with Crippen molar-refractivity contribution in [1.29, 1.82) is 0 Å². The summed E-state index contributed by atoms with van der Waals surface area (Å²) in [6, 6.07) is 3.44. The molecule has 5 nitrogen and oxygen atoms in total. The molecule has 0 aromatic carbocycles. The van der Waals surface area contributed by atoms with Gasteiger partial charge in [0.2, 0.25) is 5.89 Å². The van der Waals surface area contributed by atoms with E-state index in [2.05, 4.69) is 25.8 Å². The molecule has 3 aromatic rings. The second-order valence-corrected chi connectivity index (χ2v) is 5.82. The van der Waals surface area contributed by atoms with Crippen LogP contribution >= 0.6 is 0 Å². The Labute approximate surface area is 115 Å². The van der Waals surface area contributed by atoms with Crippen LogP contribution in [0.15, 0.2) is 44.5 Å². The number of nitrogens with zero attached hydrogens (tertiary/aromatic N) is 2. The van der Waals surface area contributed by atoms with Crippen molar-refractivity contribution in [2.24, 2.45) is 0 Å². The second-order valence-electron chi connectivity index (χ2n) is 5.82. The van der Waals surface area contributed by atoms with Crippen LogP contribution in [0.4, 0.5) is 0 Å². The molecule has 5 heteroatoms. The third-order valence-electron chi connectivity index (χ3n) is 3.22. The van der Waals surface area contributed by atoms with Gasteiger partial charge < -0.3 is 13.4 Å². The number of hydrogen-bond donors (Lipinski definition) is 0. The van der Waals surface area contributed by atoms with Crippen molar-refractivity contribution in [2.75, 3.05) is 0 Å². The third-order valence-corrected chi connectivity index (χ3v) is 3.22. The first kappa shape index (κ1) is 12.7. The molecule has 0 atom stereocenters. The zero-order chi connectivity index (χ0) is 14.3. The Morgan fingerprint density at radius 1 is 1.25 bits per heavy atom. The van der Waals surface area contributed by atoms with Gasteiger partial charge in [-0.15, -0.1) is 0 Å². The smallest absolute Gasteiger partial charge is 0.262 e. The van der Waals surface area contributed by atoms with E-state index < -0.39 is 0 Å². The van der Waals surface area contributed by atoms with Crippen LogP contribution in [-0.4, -0.2) is 9.55 Å². The standard InChI is InChI=1S/C15H16N2O3/c1-15(2,3)12-9-20-13(16-12)8-17-6-4-11-10(14(17)18)5-7-19-11/h4-7,9H,8H2,1-3H3. The van der Waals surface area contributed by atoms with Gasteiger partial charge in [-0.2, -0.15) is 0 Å². The Hall–Kier alpha value is -2.30. The van der Waals surface area contributed by atoms with Crippen molar-refractivity contribution >= 4 is 11.0 Å². The van der Waals surface area contributed by atoms with Crippen LogP contribution in [0, 0.1) is 0 Å². The highest BCUT2D eigenvalue weighted by Crippen LogP contribution is 2.21. The van der Waals surface area contributed by atoms with Gasteiger partial charge in [0.15, 0.2) is 0 Å². The highest BCUT2D eigenvalue weighted by Gasteiger charge is 2.19. The van der Waals surface area contributed by atoms with Gasteiger partial charge in [0.25, 0.3) is 5.56 Å². The van der Waals surface area contributed by atoms with Crippen molar-refractivity contribution in [3.05, 3.63) is 52.8 Å². The van der Waals surface area contributed by atoms with E-state index in [4.69, 9.17) is 8.83 Å². The number of aromatic nitrogens is 2. The highest BCUT2D eigenvalue weighted by molar-refractivity contribution is 5.75. The topological polar surface area (TPSA) is 61.2 Å². The summed E-state index contributed by atoms with van der Waals surface area (Å²) < 4.78 is 12.2. The maximum atomic E-state index is 12.2. The Kier molecular flexibility index (Phi) is 2.78. The number of hydrogen-bond acceptors (Lipinski definition) is 4. The van der Waals surface area contributed by atoms with Gasteiger partial charge >= 0.3 is 0 Å². The van der Waals surface area contributed by atoms with Crippen LogP contribution < -0.4 is 5.56 Å². The lowest BCUT2D eigenvalue weighted by Crippen LogP contribution is -2.20. The lowest BCUT2D eigenvalue weighted by molar-refractivity contribution is 0.473. The first-order valence-corrected chi connectivity index (χ1v) is 6.47. The zero-order valence-electron chi connectivity index (χ0n) is 11.7. The SMILES string of the molecule is CC(C)(C)c1coc(Cn2ccc3occc3c2=O)n1. The molecule has 0 saturated heterocycles. The molecule has 3 heterocycles. The number of fused-ring (bicyclic) bond motifs is 1. The lowest BCUT2D eigenvalue weighted by Gasteiger charge is -2.13. The van der Waals surface area contributed by atoms with E-state index in [0.717, 1.165) is 5.69 Å². The van der Waals surface area contributed by atoms with Gasteiger partial charge in [-0.1, -0.05) is 20.8 Å². The second kappa shape index (κ2) is 4.37. The molecule has 104 valence electrons. The van der Waals surface area contributed by atoms with E-state index >= 15 is 0 Å². The number of furan rings is 1. The molecule has 20 heavy (non-hydrogen) atoms. The van der Waals surface area contributed by atoms with Crippen molar-refractivity contribution in [1.82, 2.24) is 9.55 Å². The molecule has 0 N–H and O–H groups in total. The average molecular weight is 272 g/mol. The van der Waals surface area contributed by atoms with Crippen LogP contribution in [0.5, 0.6) is 0 Å². The molecule has 0 aliphatic carbocycles. The molecule has 0 aliphatic heterocycles. The molecule has 0 saturated carbocycles. The summed E-state index contributed by atoms with van der Waals surface area (Å²) in [5.41, 5.74) is 1.30. The molecule has 0 amide bonds. The number of rotatable bonds is 2. The maximum absolute atomic E-state index is 12.2. The molecule has 0 unspecified atom stereocenters. The van der Waals surface area contributed by atoms with Gasteiger partial charge in [-0.25, -0.2) is 4.98 Å². The Bertz CT molecular complexity index is 802. The van der Waals surface area contributed by atoms with Gasteiger partial charge in [0.05, 0.1) is 17.3 Å². The van der Waals surface area contributed by atoms with Crippen molar-refractivity contribution in [2.45, 2.75) is 32.7 Å². The molecule has 3 rings (SSSR count). The zero-order valence-corrected chi connectivity index (χ0v) is 11.7. The summed E-state index contributed by atoms with van der Waals surface area (Å²) in [4.78, 5) is 16.7. The van der Waals surface area contributed by atoms with Crippen molar-refractivity contribution in [3.63, 3.8) is 0 Å². The molecule has 0 radical (unpaired) electrons. The van der Waals surface area contributed by atoms with Crippen molar-refractivity contribution in [3.8, 4) is 0 Å². The molecule has 0 spiro atoms. The first-order valence-electron chi connectivity index (χ1n) is 6.47. The van der Waals surface area contributed by atoms with Gasteiger partial charge in [-0.05, 0) is 12.1 Å². The predicted octanol–water partition coefficient (Wildman–Crippen LogP) is 2.93. The minimum absolute atomic E-state index is 0.0682. The van der Waals surface area contributed by atoms with E-state index in [9.17, 15) is 4.79 Å². The first-order chi connectivity index (χ1) is 9.45. The summed E-state index contributed by atoms with van der Waals surface area (Å²) in [6.07, 6.45) is 4.85. The van der Waals surface area contributed by atoms with Crippen LogP contribution in [0.2, 0.25) is 0 Å². The molecule has 0 fully saturated rings. The monoisotopic (exact) mass is 272 g/mol. The molecule has 3 aromatic heterocycles. The third kappa shape index (κ3) is 2.15. The van der Waals surface area contributed by atoms with Crippen LogP contribution in [0.1, 0.15) is 32.4 Å². The Balaban J connectivity index is 1.95. The van der Waals surface area contributed by atoms with E-state index in [0.29, 0.717) is 23.4 Å². The summed E-state index contributed by atoms with van der Waals surface area (Å²) in [5.74, 6) is 0.528. The molecule has 0 aliphatic rings. The van der Waals surface area contributed by atoms with Gasteiger partial charge in [0, 0.05) is 11.6 Å². The number of pyridine rings is 1. The minimum Gasteiger partial charge on any atom is -0.464 e. The van der Waals surface area contributed by atoms with Crippen LogP contribution in [-0.2, 0) is 12.0 Å². The predicted molar refractivity (Wildman–Crippen MR) is 74.8 cm³/mol. The van der Waals surface area contributed by atoms with Gasteiger partial charge in [-0.3, -0.25) is 4.79 Å². The summed E-state index contributed by atoms with van der Waals surface area (Å²) >= 11 is 0. The lowest BCUT2D eigenvalue weighted by atomic mass is 9.93. The highest BCUT2D eigenvalue weighted by atomic mass is 16.3.